The Morgan fingerprint density at radius 3 is 2.64 bits per heavy atom. The van der Waals surface area contributed by atoms with Crippen molar-refractivity contribution in [2.45, 2.75) is 25.5 Å². The number of nitrogens with two attached hydrogens (primary N) is 2. The van der Waals surface area contributed by atoms with E-state index in [9.17, 15) is 10.2 Å². The molecule has 1 aliphatic rings. The predicted octanol–water partition coefficient (Wildman–Crippen LogP) is -0.557. The molecule has 0 aromatic carbocycles. The zero-order valence-corrected chi connectivity index (χ0v) is 6.49. The number of aliphatic hydroxyl groups is 2. The van der Waals surface area contributed by atoms with Crippen LogP contribution in [-0.2, 0) is 0 Å². The molecule has 0 amide bonds. The van der Waals surface area contributed by atoms with Gasteiger partial charge in [-0.15, -0.1) is 0 Å². The molecule has 0 saturated carbocycles. The van der Waals surface area contributed by atoms with Crippen molar-refractivity contribution in [2.24, 2.45) is 17.4 Å². The average Bonchev–Trinajstić information content (AvgIpc) is 1.97. The molecule has 0 radical (unpaired) electrons. The molecule has 4 nitrogen and oxygen atoms in total. The molecule has 0 bridgehead atoms. The Labute approximate surface area is 65.5 Å². The molecule has 0 aromatic rings. The van der Waals surface area contributed by atoms with Gasteiger partial charge < -0.3 is 21.7 Å². The summed E-state index contributed by atoms with van der Waals surface area (Å²) in [5.74, 6) is -0.0310. The maximum atomic E-state index is 9.34. The molecular formula is C7H14N2O2. The predicted molar refractivity (Wildman–Crippen MR) is 41.6 cm³/mol. The van der Waals surface area contributed by atoms with E-state index in [-0.39, 0.29) is 17.4 Å². The van der Waals surface area contributed by atoms with Crippen molar-refractivity contribution in [2.75, 3.05) is 0 Å². The maximum Gasteiger partial charge on any atom is 0.130 e. The van der Waals surface area contributed by atoms with Crippen molar-refractivity contribution >= 4 is 0 Å². The van der Waals surface area contributed by atoms with Gasteiger partial charge in [0.05, 0.1) is 17.8 Å². The van der Waals surface area contributed by atoms with Gasteiger partial charge in [0.1, 0.15) is 5.76 Å². The molecule has 0 fully saturated rings. The first-order valence-electron chi connectivity index (χ1n) is 3.66. The largest absolute Gasteiger partial charge is 0.509 e. The molecule has 64 valence electrons. The second kappa shape index (κ2) is 2.71. The Bertz CT molecular complexity index is 191. The van der Waals surface area contributed by atoms with Crippen LogP contribution in [0.5, 0.6) is 0 Å². The summed E-state index contributed by atoms with van der Waals surface area (Å²) in [6, 6.07) is -0.409. The molecule has 0 aromatic heterocycles. The van der Waals surface area contributed by atoms with Gasteiger partial charge in [-0.2, -0.15) is 0 Å². The molecule has 11 heavy (non-hydrogen) atoms. The lowest BCUT2D eigenvalue weighted by molar-refractivity contribution is 0.115. The van der Waals surface area contributed by atoms with E-state index in [1.165, 1.54) is 0 Å². The van der Waals surface area contributed by atoms with Gasteiger partial charge in [-0.05, 0) is 12.3 Å². The smallest absolute Gasteiger partial charge is 0.130 e. The Hall–Kier alpha value is -0.740. The van der Waals surface area contributed by atoms with Gasteiger partial charge >= 0.3 is 0 Å². The van der Waals surface area contributed by atoms with Crippen LogP contribution in [0, 0.1) is 5.92 Å². The third kappa shape index (κ3) is 1.32. The van der Waals surface area contributed by atoms with Crippen molar-refractivity contribution in [3.63, 3.8) is 0 Å². The minimum atomic E-state index is -0.741. The fourth-order valence-electron chi connectivity index (χ4n) is 1.31. The fraction of sp³-hybridized carbons (Fsp3) is 0.714. The first-order valence-corrected chi connectivity index (χ1v) is 3.66. The summed E-state index contributed by atoms with van der Waals surface area (Å²) >= 11 is 0. The third-order valence-electron chi connectivity index (χ3n) is 2.13. The van der Waals surface area contributed by atoms with Crippen molar-refractivity contribution in [3.8, 4) is 0 Å². The Kier molecular flexibility index (Phi) is 2.06. The molecule has 0 saturated heterocycles. The highest BCUT2D eigenvalue weighted by molar-refractivity contribution is 5.18. The van der Waals surface area contributed by atoms with E-state index in [0.29, 0.717) is 6.42 Å². The molecule has 0 spiro atoms. The van der Waals surface area contributed by atoms with E-state index in [2.05, 4.69) is 0 Å². The SMILES string of the molecule is CC1CC(N)C(O)=C(N)C1O. The molecule has 0 aliphatic heterocycles. The highest BCUT2D eigenvalue weighted by Crippen LogP contribution is 2.24. The van der Waals surface area contributed by atoms with E-state index < -0.39 is 12.1 Å². The van der Waals surface area contributed by atoms with E-state index in [0.717, 1.165) is 0 Å². The monoisotopic (exact) mass is 158 g/mol. The summed E-state index contributed by atoms with van der Waals surface area (Å²) < 4.78 is 0. The lowest BCUT2D eigenvalue weighted by Gasteiger charge is -2.29. The highest BCUT2D eigenvalue weighted by atomic mass is 16.3. The van der Waals surface area contributed by atoms with Crippen LogP contribution in [-0.4, -0.2) is 22.4 Å². The number of hydrogen-bond acceptors (Lipinski definition) is 4. The fourth-order valence-corrected chi connectivity index (χ4v) is 1.31. The number of hydrogen-bond donors (Lipinski definition) is 4. The number of aliphatic hydroxyl groups excluding tert-OH is 2. The maximum absolute atomic E-state index is 9.34. The summed E-state index contributed by atoms with van der Waals surface area (Å²) in [5, 5.41) is 18.5. The molecule has 3 unspecified atom stereocenters. The van der Waals surface area contributed by atoms with E-state index in [1.807, 2.05) is 6.92 Å². The van der Waals surface area contributed by atoms with Crippen LogP contribution in [0.4, 0.5) is 0 Å². The van der Waals surface area contributed by atoms with Crippen molar-refractivity contribution < 1.29 is 10.2 Å². The van der Waals surface area contributed by atoms with Gasteiger partial charge in [-0.3, -0.25) is 0 Å². The van der Waals surface area contributed by atoms with Crippen LogP contribution in [0.2, 0.25) is 0 Å². The van der Waals surface area contributed by atoms with Crippen molar-refractivity contribution in [1.82, 2.24) is 0 Å². The van der Waals surface area contributed by atoms with Crippen LogP contribution >= 0.6 is 0 Å². The summed E-state index contributed by atoms with van der Waals surface area (Å²) in [6.45, 7) is 1.85. The van der Waals surface area contributed by atoms with E-state index in [1.54, 1.807) is 0 Å². The lowest BCUT2D eigenvalue weighted by atomic mass is 9.87. The number of rotatable bonds is 0. The minimum Gasteiger partial charge on any atom is -0.509 e. The van der Waals surface area contributed by atoms with Crippen LogP contribution < -0.4 is 11.5 Å². The molecule has 3 atom stereocenters. The first-order chi connectivity index (χ1) is 5.04. The normalized spacial score (nSPS) is 39.4. The first kappa shape index (κ1) is 8.36. The minimum absolute atomic E-state index is 0.0286. The summed E-state index contributed by atoms with van der Waals surface area (Å²) in [4.78, 5) is 0. The van der Waals surface area contributed by atoms with Gasteiger partial charge in [-0.1, -0.05) is 6.92 Å². The highest BCUT2D eigenvalue weighted by Gasteiger charge is 2.30. The van der Waals surface area contributed by atoms with Crippen LogP contribution in [0.15, 0.2) is 11.5 Å². The van der Waals surface area contributed by atoms with Crippen molar-refractivity contribution in [1.29, 1.82) is 0 Å². The molecule has 0 heterocycles. The average molecular weight is 158 g/mol. The zero-order valence-electron chi connectivity index (χ0n) is 6.49. The molecule has 4 heteroatoms. The standard InChI is InChI=1S/C7H14N2O2/c1-3-2-4(8)7(11)5(9)6(3)10/h3-4,6,10-11H,2,8-9H2,1H3. The van der Waals surface area contributed by atoms with Crippen LogP contribution in [0.25, 0.3) is 0 Å². The topological polar surface area (TPSA) is 92.5 Å². The van der Waals surface area contributed by atoms with E-state index in [4.69, 9.17) is 11.5 Å². The summed E-state index contributed by atoms with van der Waals surface area (Å²) in [7, 11) is 0. The Morgan fingerprint density at radius 2 is 2.09 bits per heavy atom. The van der Waals surface area contributed by atoms with Gasteiger partial charge in [-0.25, -0.2) is 0 Å². The van der Waals surface area contributed by atoms with Crippen LogP contribution in [0.1, 0.15) is 13.3 Å². The second-order valence-corrected chi connectivity index (χ2v) is 3.10. The molecule has 1 rings (SSSR count). The summed E-state index contributed by atoms with van der Waals surface area (Å²) in [6.07, 6.45) is -0.164. The van der Waals surface area contributed by atoms with Crippen molar-refractivity contribution in [3.05, 3.63) is 11.5 Å². The molecule has 1 aliphatic carbocycles. The Balaban J connectivity index is 2.89. The molecule has 6 N–H and O–H groups in total. The Morgan fingerprint density at radius 1 is 1.55 bits per heavy atom. The van der Waals surface area contributed by atoms with Gasteiger partial charge in [0.2, 0.25) is 0 Å². The zero-order chi connectivity index (χ0) is 8.59. The third-order valence-corrected chi connectivity index (χ3v) is 2.13. The van der Waals surface area contributed by atoms with Gasteiger partial charge in [0.25, 0.3) is 0 Å². The van der Waals surface area contributed by atoms with E-state index >= 15 is 0 Å². The van der Waals surface area contributed by atoms with Gasteiger partial charge in [0, 0.05) is 0 Å². The van der Waals surface area contributed by atoms with Crippen LogP contribution in [0.3, 0.4) is 0 Å². The summed E-state index contributed by atoms with van der Waals surface area (Å²) in [5.41, 5.74) is 11.0. The molecular weight excluding hydrogens is 144 g/mol. The lowest BCUT2D eigenvalue weighted by Crippen LogP contribution is -2.40. The second-order valence-electron chi connectivity index (χ2n) is 3.10. The van der Waals surface area contributed by atoms with Gasteiger partial charge in [0.15, 0.2) is 0 Å². The quantitative estimate of drug-likeness (QED) is 0.380.